The van der Waals surface area contributed by atoms with Gasteiger partial charge in [-0.2, -0.15) is 0 Å². The van der Waals surface area contributed by atoms with Crippen LogP contribution < -0.4 is 10.5 Å². The van der Waals surface area contributed by atoms with Crippen LogP contribution in [-0.2, 0) is 0 Å². The molecule has 0 fully saturated rings. The zero-order chi connectivity index (χ0) is 14.1. The summed E-state index contributed by atoms with van der Waals surface area (Å²) in [6, 6.07) is 13.0. The average molecular weight is 350 g/mol. The Kier molecular flexibility index (Phi) is 3.51. The summed E-state index contributed by atoms with van der Waals surface area (Å²) in [5.74, 6) is 0.901. The van der Waals surface area contributed by atoms with E-state index in [2.05, 4.69) is 20.9 Å². The average Bonchev–Trinajstić information content (AvgIpc) is 2.44. The minimum atomic E-state index is 0.425. The zero-order valence-corrected chi connectivity index (χ0v) is 12.6. The second-order valence-corrected chi connectivity index (χ2v) is 5.47. The van der Waals surface area contributed by atoms with Gasteiger partial charge in [-0.05, 0) is 30.3 Å². The van der Waals surface area contributed by atoms with Gasteiger partial charge in [0.15, 0.2) is 5.75 Å². The Morgan fingerprint density at radius 2 is 1.85 bits per heavy atom. The number of hydrogen-bond donors (Lipinski definition) is 1. The number of nitrogens with zero attached hydrogens (tertiary/aromatic N) is 1. The number of halogens is 2. The van der Waals surface area contributed by atoms with E-state index >= 15 is 0 Å². The lowest BCUT2D eigenvalue weighted by molar-refractivity contribution is 0.472. The summed E-state index contributed by atoms with van der Waals surface area (Å²) >= 11 is 9.63. The number of aromatic nitrogens is 1. The van der Waals surface area contributed by atoms with Crippen molar-refractivity contribution in [2.75, 3.05) is 5.73 Å². The van der Waals surface area contributed by atoms with Crippen molar-refractivity contribution in [3.63, 3.8) is 0 Å². The summed E-state index contributed by atoms with van der Waals surface area (Å²) in [5.41, 5.74) is 6.37. The van der Waals surface area contributed by atoms with Crippen molar-refractivity contribution in [2.24, 2.45) is 0 Å². The molecule has 0 spiro atoms. The van der Waals surface area contributed by atoms with Crippen molar-refractivity contribution in [3.8, 4) is 11.6 Å². The third-order valence-electron chi connectivity index (χ3n) is 2.91. The number of rotatable bonds is 2. The fraction of sp³-hybridized carbons (Fsp3) is 0. The van der Waals surface area contributed by atoms with Gasteiger partial charge < -0.3 is 10.5 Å². The number of benzene rings is 2. The van der Waals surface area contributed by atoms with E-state index in [1.54, 1.807) is 24.4 Å². The van der Waals surface area contributed by atoms with Gasteiger partial charge in [0.05, 0.1) is 10.7 Å². The summed E-state index contributed by atoms with van der Waals surface area (Å²) in [6.45, 7) is 0. The Bertz CT molecular complexity index is 772. The van der Waals surface area contributed by atoms with Gasteiger partial charge in [-0.25, -0.2) is 4.98 Å². The summed E-state index contributed by atoms with van der Waals surface area (Å²) < 4.78 is 6.80. The van der Waals surface area contributed by atoms with E-state index in [1.165, 1.54) is 0 Å². The van der Waals surface area contributed by atoms with Crippen LogP contribution in [0.5, 0.6) is 11.6 Å². The van der Waals surface area contributed by atoms with Gasteiger partial charge >= 0.3 is 0 Å². The molecule has 1 aromatic heterocycles. The van der Waals surface area contributed by atoms with E-state index in [-0.39, 0.29) is 0 Å². The van der Waals surface area contributed by atoms with Crippen molar-refractivity contribution in [2.45, 2.75) is 0 Å². The molecule has 3 nitrogen and oxygen atoms in total. The van der Waals surface area contributed by atoms with Crippen molar-refractivity contribution in [3.05, 3.63) is 58.2 Å². The lowest BCUT2D eigenvalue weighted by Crippen LogP contribution is -1.95. The number of nitrogens with two attached hydrogens (primary N) is 1. The first kappa shape index (κ1) is 13.2. The van der Waals surface area contributed by atoms with E-state index < -0.39 is 0 Å². The number of hydrogen-bond acceptors (Lipinski definition) is 3. The van der Waals surface area contributed by atoms with Crippen LogP contribution >= 0.6 is 27.5 Å². The fourth-order valence-corrected chi connectivity index (χ4v) is 2.67. The van der Waals surface area contributed by atoms with Crippen molar-refractivity contribution in [1.82, 2.24) is 4.98 Å². The summed E-state index contributed by atoms with van der Waals surface area (Å²) in [7, 11) is 0. The summed E-state index contributed by atoms with van der Waals surface area (Å²) in [4.78, 5) is 4.27. The zero-order valence-electron chi connectivity index (χ0n) is 10.3. The smallest absolute Gasteiger partial charge is 0.227 e. The minimum absolute atomic E-state index is 0.425. The molecule has 0 radical (unpaired) electrons. The molecular weight excluding hydrogens is 340 g/mol. The standard InChI is InChI=1S/C15H10BrClN2O/c16-11-4-1-3-10-9(11)7-8-19-15(10)20-14-12(17)5-2-6-13(14)18/h1-8H,18H2. The van der Waals surface area contributed by atoms with Crippen molar-refractivity contribution < 1.29 is 4.74 Å². The monoisotopic (exact) mass is 348 g/mol. The molecule has 3 rings (SSSR count). The maximum Gasteiger partial charge on any atom is 0.227 e. The van der Waals surface area contributed by atoms with Gasteiger partial charge in [0.2, 0.25) is 5.88 Å². The first-order valence-corrected chi connectivity index (χ1v) is 7.09. The first-order valence-electron chi connectivity index (χ1n) is 5.92. The quantitative estimate of drug-likeness (QED) is 0.660. The molecule has 0 bridgehead atoms. The Morgan fingerprint density at radius 3 is 2.65 bits per heavy atom. The molecule has 2 N–H and O–H groups in total. The molecule has 0 aliphatic rings. The molecule has 20 heavy (non-hydrogen) atoms. The van der Waals surface area contributed by atoms with E-state index in [0.717, 1.165) is 15.2 Å². The second kappa shape index (κ2) is 5.31. The summed E-state index contributed by atoms with van der Waals surface area (Å²) in [5, 5.41) is 2.36. The van der Waals surface area contributed by atoms with Crippen LogP contribution in [0, 0.1) is 0 Å². The number of para-hydroxylation sites is 1. The van der Waals surface area contributed by atoms with E-state index in [1.807, 2.05) is 24.3 Å². The normalized spacial score (nSPS) is 10.7. The fourth-order valence-electron chi connectivity index (χ4n) is 1.95. The van der Waals surface area contributed by atoms with Crippen LogP contribution in [0.2, 0.25) is 5.02 Å². The van der Waals surface area contributed by atoms with Gasteiger partial charge in [0.1, 0.15) is 0 Å². The number of pyridine rings is 1. The first-order chi connectivity index (χ1) is 9.66. The van der Waals surface area contributed by atoms with Gasteiger partial charge in [-0.15, -0.1) is 0 Å². The highest BCUT2D eigenvalue weighted by molar-refractivity contribution is 9.10. The Hall–Kier alpha value is -1.78. The molecule has 0 aliphatic carbocycles. The molecule has 0 atom stereocenters. The van der Waals surface area contributed by atoms with Crippen LogP contribution in [0.1, 0.15) is 0 Å². The molecule has 0 amide bonds. The lowest BCUT2D eigenvalue weighted by Gasteiger charge is -2.11. The molecular formula is C15H10BrClN2O. The molecule has 0 aliphatic heterocycles. The number of anilines is 1. The van der Waals surface area contributed by atoms with Crippen LogP contribution in [0.25, 0.3) is 10.8 Å². The topological polar surface area (TPSA) is 48.1 Å². The highest BCUT2D eigenvalue weighted by atomic mass is 79.9. The Balaban J connectivity index is 2.14. The van der Waals surface area contributed by atoms with Crippen LogP contribution in [0.4, 0.5) is 5.69 Å². The van der Waals surface area contributed by atoms with Gasteiger partial charge in [0.25, 0.3) is 0 Å². The maximum absolute atomic E-state index is 6.12. The molecule has 2 aromatic carbocycles. The largest absolute Gasteiger partial charge is 0.435 e. The molecule has 0 saturated heterocycles. The van der Waals surface area contributed by atoms with E-state index in [0.29, 0.717) is 22.3 Å². The van der Waals surface area contributed by atoms with Crippen LogP contribution in [0.15, 0.2) is 53.1 Å². The highest BCUT2D eigenvalue weighted by Gasteiger charge is 2.11. The minimum Gasteiger partial charge on any atom is -0.435 e. The predicted octanol–water partition coefficient (Wildman–Crippen LogP) is 5.03. The number of ether oxygens (including phenoxy) is 1. The molecule has 0 saturated carbocycles. The molecule has 5 heteroatoms. The van der Waals surface area contributed by atoms with Crippen LogP contribution in [0.3, 0.4) is 0 Å². The Labute approximate surface area is 129 Å². The van der Waals surface area contributed by atoms with Crippen molar-refractivity contribution in [1.29, 1.82) is 0 Å². The van der Waals surface area contributed by atoms with E-state index in [9.17, 15) is 0 Å². The molecule has 3 aromatic rings. The van der Waals surface area contributed by atoms with Crippen LogP contribution in [-0.4, -0.2) is 4.98 Å². The lowest BCUT2D eigenvalue weighted by atomic mass is 10.2. The van der Waals surface area contributed by atoms with Gasteiger partial charge in [-0.1, -0.05) is 39.7 Å². The predicted molar refractivity (Wildman–Crippen MR) is 85.4 cm³/mol. The highest BCUT2D eigenvalue weighted by Crippen LogP contribution is 2.37. The summed E-state index contributed by atoms with van der Waals surface area (Å²) in [6.07, 6.45) is 1.69. The third-order valence-corrected chi connectivity index (χ3v) is 3.90. The number of fused-ring (bicyclic) bond motifs is 1. The van der Waals surface area contributed by atoms with E-state index in [4.69, 9.17) is 22.1 Å². The van der Waals surface area contributed by atoms with Crippen molar-refractivity contribution >= 4 is 44.0 Å². The second-order valence-electron chi connectivity index (χ2n) is 4.21. The maximum atomic E-state index is 6.12. The SMILES string of the molecule is Nc1cccc(Cl)c1Oc1nccc2c(Br)cccc12. The number of nitrogen functional groups attached to an aromatic ring is 1. The Morgan fingerprint density at radius 1 is 1.05 bits per heavy atom. The third kappa shape index (κ3) is 2.32. The molecule has 100 valence electrons. The molecule has 1 heterocycles. The molecule has 0 unspecified atom stereocenters. The van der Waals surface area contributed by atoms with Gasteiger partial charge in [-0.3, -0.25) is 0 Å². The van der Waals surface area contributed by atoms with Gasteiger partial charge in [0, 0.05) is 21.4 Å².